The van der Waals surface area contributed by atoms with E-state index in [2.05, 4.69) is 48.7 Å². The number of benzene rings is 1. The lowest BCUT2D eigenvalue weighted by molar-refractivity contribution is 0.0522. The number of ether oxygens (including phenoxy) is 1. The Kier molecular flexibility index (Phi) is 7.39. The maximum absolute atomic E-state index is 11.7. The predicted octanol–water partition coefficient (Wildman–Crippen LogP) is 3.68. The fourth-order valence-corrected chi connectivity index (χ4v) is 2.12. The van der Waals surface area contributed by atoms with E-state index in [-0.39, 0.29) is 12.1 Å². The SMILES string of the molecule is CCC(CNC(=O)OC(C)(C)C)NCC(C)c1ccccc1. The van der Waals surface area contributed by atoms with Gasteiger partial charge in [0.2, 0.25) is 0 Å². The van der Waals surface area contributed by atoms with Crippen molar-refractivity contribution >= 4 is 6.09 Å². The van der Waals surface area contributed by atoms with Crippen molar-refractivity contribution in [2.24, 2.45) is 0 Å². The average Bonchev–Trinajstić information content (AvgIpc) is 2.46. The number of amides is 1. The van der Waals surface area contributed by atoms with E-state index in [1.165, 1.54) is 5.56 Å². The Hall–Kier alpha value is -1.55. The van der Waals surface area contributed by atoms with Crippen LogP contribution in [0.5, 0.6) is 0 Å². The molecule has 0 saturated carbocycles. The number of rotatable bonds is 7. The number of hydrogen-bond donors (Lipinski definition) is 2. The Morgan fingerprint density at radius 2 is 1.82 bits per heavy atom. The summed E-state index contributed by atoms with van der Waals surface area (Å²) in [6, 6.07) is 10.7. The molecule has 1 aromatic carbocycles. The molecule has 1 rings (SSSR count). The zero-order valence-corrected chi connectivity index (χ0v) is 14.5. The van der Waals surface area contributed by atoms with Gasteiger partial charge in [-0.1, -0.05) is 44.2 Å². The molecule has 0 aromatic heterocycles. The first-order chi connectivity index (χ1) is 10.3. The molecule has 0 aliphatic heterocycles. The van der Waals surface area contributed by atoms with Gasteiger partial charge in [-0.3, -0.25) is 0 Å². The molecule has 0 spiro atoms. The molecule has 4 heteroatoms. The second-order valence-electron chi connectivity index (χ2n) is 6.71. The highest BCUT2D eigenvalue weighted by atomic mass is 16.6. The first-order valence-corrected chi connectivity index (χ1v) is 8.07. The molecule has 2 N–H and O–H groups in total. The summed E-state index contributed by atoms with van der Waals surface area (Å²) in [6.45, 7) is 11.4. The molecule has 0 aliphatic carbocycles. The van der Waals surface area contributed by atoms with E-state index in [1.807, 2.05) is 26.8 Å². The summed E-state index contributed by atoms with van der Waals surface area (Å²) < 4.78 is 5.25. The van der Waals surface area contributed by atoms with Crippen LogP contribution in [0.25, 0.3) is 0 Å². The van der Waals surface area contributed by atoms with Gasteiger partial charge in [0, 0.05) is 19.1 Å². The topological polar surface area (TPSA) is 50.4 Å². The van der Waals surface area contributed by atoms with E-state index in [4.69, 9.17) is 4.74 Å². The third-order valence-electron chi connectivity index (χ3n) is 3.47. The molecular formula is C18H30N2O2. The Morgan fingerprint density at radius 3 is 2.36 bits per heavy atom. The van der Waals surface area contributed by atoms with Crippen LogP contribution in [0, 0.1) is 0 Å². The summed E-state index contributed by atoms with van der Waals surface area (Å²) in [4.78, 5) is 11.7. The molecule has 0 bridgehead atoms. The fourth-order valence-electron chi connectivity index (χ4n) is 2.12. The van der Waals surface area contributed by atoms with Gasteiger partial charge in [-0.2, -0.15) is 0 Å². The second kappa shape index (κ2) is 8.79. The summed E-state index contributed by atoms with van der Waals surface area (Å²) in [5, 5.41) is 6.35. The van der Waals surface area contributed by atoms with Crippen LogP contribution in [0.15, 0.2) is 30.3 Å². The molecule has 0 radical (unpaired) electrons. The lowest BCUT2D eigenvalue weighted by Gasteiger charge is -2.23. The highest BCUT2D eigenvalue weighted by molar-refractivity contribution is 5.67. The van der Waals surface area contributed by atoms with Crippen molar-refractivity contribution in [2.75, 3.05) is 13.1 Å². The van der Waals surface area contributed by atoms with Crippen LogP contribution in [-0.4, -0.2) is 30.8 Å². The number of carbonyl (C=O) groups excluding carboxylic acids is 1. The zero-order chi connectivity index (χ0) is 16.6. The molecule has 4 nitrogen and oxygen atoms in total. The van der Waals surface area contributed by atoms with Gasteiger partial charge in [0.05, 0.1) is 0 Å². The molecule has 124 valence electrons. The van der Waals surface area contributed by atoms with Crippen LogP contribution in [0.3, 0.4) is 0 Å². The molecular weight excluding hydrogens is 276 g/mol. The van der Waals surface area contributed by atoms with Gasteiger partial charge in [-0.05, 0) is 38.7 Å². The lowest BCUT2D eigenvalue weighted by Crippen LogP contribution is -2.43. The Morgan fingerprint density at radius 1 is 1.18 bits per heavy atom. The van der Waals surface area contributed by atoms with E-state index in [1.54, 1.807) is 0 Å². The highest BCUT2D eigenvalue weighted by Gasteiger charge is 2.17. The number of carbonyl (C=O) groups is 1. The summed E-state index contributed by atoms with van der Waals surface area (Å²) >= 11 is 0. The summed E-state index contributed by atoms with van der Waals surface area (Å²) in [5.41, 5.74) is 0.867. The smallest absolute Gasteiger partial charge is 0.407 e. The zero-order valence-electron chi connectivity index (χ0n) is 14.5. The van der Waals surface area contributed by atoms with Gasteiger partial charge < -0.3 is 15.4 Å². The van der Waals surface area contributed by atoms with E-state index < -0.39 is 5.60 Å². The monoisotopic (exact) mass is 306 g/mol. The minimum absolute atomic E-state index is 0.249. The van der Waals surface area contributed by atoms with Gasteiger partial charge in [-0.25, -0.2) is 4.79 Å². The van der Waals surface area contributed by atoms with E-state index in [0.29, 0.717) is 12.5 Å². The minimum atomic E-state index is -0.457. The van der Waals surface area contributed by atoms with Crippen molar-refractivity contribution in [3.8, 4) is 0 Å². The number of alkyl carbamates (subject to hydrolysis) is 1. The normalized spacial score (nSPS) is 14.2. The van der Waals surface area contributed by atoms with Gasteiger partial charge in [0.1, 0.15) is 5.60 Å². The van der Waals surface area contributed by atoms with Crippen LogP contribution >= 0.6 is 0 Å². The largest absolute Gasteiger partial charge is 0.444 e. The molecule has 2 unspecified atom stereocenters. The molecule has 22 heavy (non-hydrogen) atoms. The molecule has 0 aliphatic rings. The Bertz CT molecular complexity index is 440. The van der Waals surface area contributed by atoms with Gasteiger partial charge in [-0.15, -0.1) is 0 Å². The third-order valence-corrected chi connectivity index (χ3v) is 3.47. The molecule has 1 aromatic rings. The number of nitrogens with one attached hydrogen (secondary N) is 2. The van der Waals surface area contributed by atoms with Crippen molar-refractivity contribution in [2.45, 2.75) is 58.6 Å². The first-order valence-electron chi connectivity index (χ1n) is 8.07. The van der Waals surface area contributed by atoms with Crippen molar-refractivity contribution in [3.63, 3.8) is 0 Å². The average molecular weight is 306 g/mol. The van der Waals surface area contributed by atoms with Gasteiger partial charge in [0.15, 0.2) is 0 Å². The van der Waals surface area contributed by atoms with Crippen molar-refractivity contribution in [1.29, 1.82) is 0 Å². The van der Waals surface area contributed by atoms with Crippen molar-refractivity contribution < 1.29 is 9.53 Å². The quantitative estimate of drug-likeness (QED) is 0.808. The Labute approximate surface area is 134 Å². The highest BCUT2D eigenvalue weighted by Crippen LogP contribution is 2.13. The first kappa shape index (κ1) is 18.5. The lowest BCUT2D eigenvalue weighted by atomic mass is 10.0. The minimum Gasteiger partial charge on any atom is -0.444 e. The van der Waals surface area contributed by atoms with Crippen molar-refractivity contribution in [1.82, 2.24) is 10.6 Å². The molecule has 0 saturated heterocycles. The summed E-state index contributed by atoms with van der Waals surface area (Å²) in [6.07, 6.45) is 0.598. The van der Waals surface area contributed by atoms with E-state index in [9.17, 15) is 4.79 Å². The van der Waals surface area contributed by atoms with Crippen molar-refractivity contribution in [3.05, 3.63) is 35.9 Å². The van der Waals surface area contributed by atoms with Crippen LogP contribution in [0.4, 0.5) is 4.79 Å². The van der Waals surface area contributed by atoms with Gasteiger partial charge >= 0.3 is 6.09 Å². The molecule has 0 heterocycles. The second-order valence-corrected chi connectivity index (χ2v) is 6.71. The van der Waals surface area contributed by atoms with Crippen LogP contribution in [0.1, 0.15) is 52.5 Å². The fraction of sp³-hybridized carbons (Fsp3) is 0.611. The van der Waals surface area contributed by atoms with Gasteiger partial charge in [0.25, 0.3) is 0 Å². The molecule has 1 amide bonds. The number of hydrogen-bond acceptors (Lipinski definition) is 3. The third kappa shape index (κ3) is 7.46. The van der Waals surface area contributed by atoms with Crippen LogP contribution < -0.4 is 10.6 Å². The van der Waals surface area contributed by atoms with Crippen LogP contribution in [-0.2, 0) is 4.74 Å². The molecule has 2 atom stereocenters. The Balaban J connectivity index is 2.35. The standard InChI is InChI=1S/C18H30N2O2/c1-6-16(13-20-17(21)22-18(3,4)5)19-12-14(2)15-10-8-7-9-11-15/h7-11,14,16,19H,6,12-13H2,1-5H3,(H,20,21). The van der Waals surface area contributed by atoms with Crippen LogP contribution in [0.2, 0.25) is 0 Å². The predicted molar refractivity (Wildman–Crippen MR) is 91.2 cm³/mol. The maximum atomic E-state index is 11.7. The summed E-state index contributed by atoms with van der Waals surface area (Å²) in [7, 11) is 0. The maximum Gasteiger partial charge on any atom is 0.407 e. The molecule has 0 fully saturated rings. The van der Waals surface area contributed by atoms with E-state index >= 15 is 0 Å². The van der Waals surface area contributed by atoms with E-state index in [0.717, 1.165) is 13.0 Å². The summed E-state index contributed by atoms with van der Waals surface area (Å²) in [5.74, 6) is 0.441.